The van der Waals surface area contributed by atoms with Crippen molar-refractivity contribution in [2.45, 2.75) is 4.90 Å². The van der Waals surface area contributed by atoms with E-state index in [0.717, 1.165) is 6.08 Å². The van der Waals surface area contributed by atoms with Crippen LogP contribution in [0.4, 0.5) is 0 Å². The van der Waals surface area contributed by atoms with E-state index in [2.05, 4.69) is 0 Å². The lowest BCUT2D eigenvalue weighted by Gasteiger charge is -2.33. The zero-order valence-electron chi connectivity index (χ0n) is 11.6. The second kappa shape index (κ2) is 6.84. The van der Waals surface area contributed by atoms with Gasteiger partial charge in [-0.2, -0.15) is 4.31 Å². The molecule has 1 heterocycles. The zero-order chi connectivity index (χ0) is 15.3. The molecule has 1 aromatic rings. The van der Waals surface area contributed by atoms with Crippen LogP contribution >= 0.6 is 0 Å². The highest BCUT2D eigenvalue weighted by Gasteiger charge is 2.27. The van der Waals surface area contributed by atoms with E-state index in [1.807, 2.05) is 4.90 Å². The zero-order valence-corrected chi connectivity index (χ0v) is 12.4. The lowest BCUT2D eigenvalue weighted by Crippen LogP contribution is -2.48. The molecule has 0 aliphatic carbocycles. The number of piperazine rings is 1. The summed E-state index contributed by atoms with van der Waals surface area (Å²) in [5.74, 6) is -0.972. The molecule has 0 bridgehead atoms. The van der Waals surface area contributed by atoms with Crippen LogP contribution in [0.2, 0.25) is 0 Å². The van der Waals surface area contributed by atoms with Gasteiger partial charge in [-0.3, -0.25) is 4.90 Å². The normalized spacial score (nSPS) is 18.1. The van der Waals surface area contributed by atoms with Gasteiger partial charge in [-0.1, -0.05) is 24.3 Å². The van der Waals surface area contributed by atoms with E-state index in [-0.39, 0.29) is 0 Å². The fraction of sp³-hybridized carbons (Fsp3) is 0.357. The highest BCUT2D eigenvalue weighted by molar-refractivity contribution is 7.89. The van der Waals surface area contributed by atoms with Crippen LogP contribution in [-0.2, 0) is 14.8 Å². The lowest BCUT2D eigenvalue weighted by molar-refractivity contribution is -0.131. The minimum Gasteiger partial charge on any atom is -0.478 e. The number of rotatable bonds is 5. The second-order valence-electron chi connectivity index (χ2n) is 4.76. The summed E-state index contributed by atoms with van der Waals surface area (Å²) in [6.45, 7) is 2.54. The van der Waals surface area contributed by atoms with Gasteiger partial charge in [0, 0.05) is 38.8 Å². The molecule has 1 N–H and O–H groups in total. The highest BCUT2D eigenvalue weighted by Crippen LogP contribution is 2.16. The molecule has 7 heteroatoms. The molecule has 0 unspecified atom stereocenters. The number of nitrogens with zero attached hydrogens (tertiary/aromatic N) is 2. The van der Waals surface area contributed by atoms with Gasteiger partial charge in [0.25, 0.3) is 0 Å². The molecule has 1 aliphatic heterocycles. The van der Waals surface area contributed by atoms with Gasteiger partial charge >= 0.3 is 5.97 Å². The number of sulfonamides is 1. The van der Waals surface area contributed by atoms with Crippen LogP contribution in [0.3, 0.4) is 0 Å². The molecule has 0 spiro atoms. The fourth-order valence-electron chi connectivity index (χ4n) is 2.20. The van der Waals surface area contributed by atoms with Crippen LogP contribution in [0.15, 0.2) is 47.4 Å². The Balaban J connectivity index is 1.93. The van der Waals surface area contributed by atoms with Crippen molar-refractivity contribution in [3.05, 3.63) is 42.5 Å². The Morgan fingerprint density at radius 3 is 2.33 bits per heavy atom. The Morgan fingerprint density at radius 2 is 1.76 bits per heavy atom. The molecule has 1 aromatic carbocycles. The van der Waals surface area contributed by atoms with Crippen molar-refractivity contribution in [1.82, 2.24) is 9.21 Å². The predicted octanol–water partition coefficient (Wildman–Crippen LogP) is 0.634. The smallest absolute Gasteiger partial charge is 0.328 e. The second-order valence-corrected chi connectivity index (χ2v) is 6.70. The molecule has 0 saturated carbocycles. The largest absolute Gasteiger partial charge is 0.478 e. The van der Waals surface area contributed by atoms with Crippen molar-refractivity contribution in [3.63, 3.8) is 0 Å². The van der Waals surface area contributed by atoms with E-state index in [0.29, 0.717) is 37.6 Å². The van der Waals surface area contributed by atoms with Gasteiger partial charge in [0.05, 0.1) is 4.90 Å². The van der Waals surface area contributed by atoms with Crippen LogP contribution in [0.25, 0.3) is 0 Å². The summed E-state index contributed by atoms with van der Waals surface area (Å²) in [5.41, 5.74) is 0. The number of carboxylic acid groups (broad SMARTS) is 1. The molecule has 2 rings (SSSR count). The van der Waals surface area contributed by atoms with Gasteiger partial charge in [-0.25, -0.2) is 13.2 Å². The first kappa shape index (κ1) is 15.7. The van der Waals surface area contributed by atoms with Gasteiger partial charge in [0.15, 0.2) is 0 Å². The Hall–Kier alpha value is -1.70. The quantitative estimate of drug-likeness (QED) is 0.807. The van der Waals surface area contributed by atoms with Crippen molar-refractivity contribution in [1.29, 1.82) is 0 Å². The van der Waals surface area contributed by atoms with E-state index in [1.165, 1.54) is 4.31 Å². The van der Waals surface area contributed by atoms with Crippen molar-refractivity contribution in [2.24, 2.45) is 0 Å². The standard InChI is InChI=1S/C14H18N2O4S/c17-14(18)7-4-8-15-9-11-16(12-10-15)21(19,20)13-5-2-1-3-6-13/h1-7H,8-12H2,(H,17,18). The van der Waals surface area contributed by atoms with Crippen molar-refractivity contribution >= 4 is 16.0 Å². The van der Waals surface area contributed by atoms with Crippen LogP contribution in [0.1, 0.15) is 0 Å². The molecule has 0 amide bonds. The summed E-state index contributed by atoms with van der Waals surface area (Å²) in [6, 6.07) is 8.39. The van der Waals surface area contributed by atoms with Crippen LogP contribution in [-0.4, -0.2) is 61.4 Å². The first-order valence-corrected chi connectivity index (χ1v) is 8.11. The summed E-state index contributed by atoms with van der Waals surface area (Å²) in [6.07, 6.45) is 2.68. The maximum Gasteiger partial charge on any atom is 0.328 e. The molecular formula is C14H18N2O4S. The third kappa shape index (κ3) is 4.13. The third-order valence-corrected chi connectivity index (χ3v) is 5.25. The minimum absolute atomic E-state index is 0.309. The van der Waals surface area contributed by atoms with Crippen molar-refractivity contribution in [2.75, 3.05) is 32.7 Å². The lowest BCUT2D eigenvalue weighted by atomic mass is 10.3. The number of carboxylic acids is 1. The van der Waals surface area contributed by atoms with Crippen LogP contribution < -0.4 is 0 Å². The highest BCUT2D eigenvalue weighted by atomic mass is 32.2. The van der Waals surface area contributed by atoms with Crippen molar-refractivity contribution in [3.8, 4) is 0 Å². The molecule has 21 heavy (non-hydrogen) atoms. The molecule has 0 radical (unpaired) electrons. The van der Waals surface area contributed by atoms with Crippen LogP contribution in [0, 0.1) is 0 Å². The van der Waals surface area contributed by atoms with E-state index in [9.17, 15) is 13.2 Å². The molecule has 0 aromatic heterocycles. The SMILES string of the molecule is O=C(O)C=CCN1CCN(S(=O)(=O)c2ccccc2)CC1. The number of benzene rings is 1. The number of carbonyl (C=O) groups is 1. The summed E-state index contributed by atoms with van der Waals surface area (Å²) in [4.78, 5) is 12.7. The van der Waals surface area contributed by atoms with Gasteiger partial charge < -0.3 is 5.11 Å². The van der Waals surface area contributed by atoms with Gasteiger partial charge in [0.1, 0.15) is 0 Å². The third-order valence-electron chi connectivity index (χ3n) is 3.34. The predicted molar refractivity (Wildman–Crippen MR) is 78.4 cm³/mol. The number of aliphatic carboxylic acids is 1. The number of hydrogen-bond donors (Lipinski definition) is 1. The van der Waals surface area contributed by atoms with E-state index in [1.54, 1.807) is 36.4 Å². The van der Waals surface area contributed by atoms with Crippen molar-refractivity contribution < 1.29 is 18.3 Å². The first-order valence-electron chi connectivity index (χ1n) is 6.67. The van der Waals surface area contributed by atoms with E-state index >= 15 is 0 Å². The average Bonchev–Trinajstić information content (AvgIpc) is 2.48. The maximum atomic E-state index is 12.4. The average molecular weight is 310 g/mol. The van der Waals surface area contributed by atoms with E-state index < -0.39 is 16.0 Å². The topological polar surface area (TPSA) is 77.9 Å². The summed E-state index contributed by atoms with van der Waals surface area (Å²) >= 11 is 0. The summed E-state index contributed by atoms with van der Waals surface area (Å²) in [7, 11) is -3.42. The molecule has 1 aliphatic rings. The maximum absolute atomic E-state index is 12.4. The van der Waals surface area contributed by atoms with Gasteiger partial charge in [-0.05, 0) is 12.1 Å². The molecule has 114 valence electrons. The Labute approximate surface area is 124 Å². The monoisotopic (exact) mass is 310 g/mol. The Kier molecular flexibility index (Phi) is 5.11. The molecular weight excluding hydrogens is 292 g/mol. The Bertz CT molecular complexity index is 605. The van der Waals surface area contributed by atoms with Crippen LogP contribution in [0.5, 0.6) is 0 Å². The molecule has 0 atom stereocenters. The van der Waals surface area contributed by atoms with E-state index in [4.69, 9.17) is 5.11 Å². The summed E-state index contributed by atoms with van der Waals surface area (Å²) in [5, 5.41) is 8.52. The molecule has 6 nitrogen and oxygen atoms in total. The fourth-order valence-corrected chi connectivity index (χ4v) is 3.64. The molecule has 1 saturated heterocycles. The molecule has 1 fully saturated rings. The number of hydrogen-bond acceptors (Lipinski definition) is 4. The summed E-state index contributed by atoms with van der Waals surface area (Å²) < 4.78 is 26.3. The van der Waals surface area contributed by atoms with Gasteiger partial charge in [-0.15, -0.1) is 0 Å². The minimum atomic E-state index is -3.42. The Morgan fingerprint density at radius 1 is 1.14 bits per heavy atom. The first-order chi connectivity index (χ1) is 10.00. The van der Waals surface area contributed by atoms with Gasteiger partial charge in [0.2, 0.25) is 10.0 Å².